The molecule has 0 aliphatic rings. The van der Waals surface area contributed by atoms with Crippen LogP contribution in [0.1, 0.15) is 6.92 Å². The summed E-state index contributed by atoms with van der Waals surface area (Å²) in [4.78, 5) is 24.5. The summed E-state index contributed by atoms with van der Waals surface area (Å²) in [6.07, 6.45) is 2.49. The van der Waals surface area contributed by atoms with Crippen LogP contribution in [0.4, 0.5) is 30.6 Å². The fourth-order valence-electron chi connectivity index (χ4n) is 2.47. The highest BCUT2D eigenvalue weighted by molar-refractivity contribution is 5.69. The van der Waals surface area contributed by atoms with Crippen LogP contribution in [0.25, 0.3) is 11.1 Å². The van der Waals surface area contributed by atoms with E-state index in [1.165, 1.54) is 24.4 Å². The molecule has 0 spiro atoms. The number of hydrogen-bond acceptors (Lipinski definition) is 6. The Kier molecular flexibility index (Phi) is 6.01. The maximum Gasteiger partial charge on any atom is 0.387 e. The summed E-state index contributed by atoms with van der Waals surface area (Å²) in [5, 5.41) is 2.69. The number of aromatic amines is 1. The molecule has 2 N–H and O–H groups in total. The molecule has 152 valence electrons. The lowest BCUT2D eigenvalue weighted by Crippen LogP contribution is -2.20. The standard InChI is InChI=1S/C19H18F3N5O2/c1-3-27(2)19-24-10-14(20)16(26-19)25-15-8-12(9-23-17(15)28)11-4-6-13(7-5-11)29-18(21)22/h4-10,18H,3H2,1-2H3,(H,23,28)(H,24,25,26). The molecule has 0 saturated carbocycles. The van der Waals surface area contributed by atoms with Crippen molar-refractivity contribution in [3.8, 4) is 16.9 Å². The summed E-state index contributed by atoms with van der Waals surface area (Å²) in [5.41, 5.74) is 0.810. The van der Waals surface area contributed by atoms with Gasteiger partial charge in [0, 0.05) is 25.4 Å². The van der Waals surface area contributed by atoms with Gasteiger partial charge in [0.15, 0.2) is 11.6 Å². The maximum absolute atomic E-state index is 14.1. The third-order valence-electron chi connectivity index (χ3n) is 4.12. The van der Waals surface area contributed by atoms with Gasteiger partial charge >= 0.3 is 6.61 Å². The highest BCUT2D eigenvalue weighted by Gasteiger charge is 2.12. The van der Waals surface area contributed by atoms with E-state index in [9.17, 15) is 18.0 Å². The van der Waals surface area contributed by atoms with Gasteiger partial charge in [-0.25, -0.2) is 9.37 Å². The van der Waals surface area contributed by atoms with Gasteiger partial charge in [0.1, 0.15) is 11.4 Å². The zero-order valence-electron chi connectivity index (χ0n) is 15.6. The molecule has 0 atom stereocenters. The van der Waals surface area contributed by atoms with Crippen molar-refractivity contribution in [2.75, 3.05) is 23.8 Å². The van der Waals surface area contributed by atoms with E-state index in [4.69, 9.17) is 0 Å². The van der Waals surface area contributed by atoms with Gasteiger partial charge in [-0.3, -0.25) is 4.79 Å². The van der Waals surface area contributed by atoms with Crippen LogP contribution >= 0.6 is 0 Å². The smallest absolute Gasteiger partial charge is 0.387 e. The lowest BCUT2D eigenvalue weighted by atomic mass is 10.1. The van der Waals surface area contributed by atoms with E-state index in [0.717, 1.165) is 6.20 Å². The minimum atomic E-state index is -2.91. The highest BCUT2D eigenvalue weighted by atomic mass is 19.3. The van der Waals surface area contributed by atoms with Crippen LogP contribution in [0.15, 0.2) is 47.5 Å². The second kappa shape index (κ2) is 8.63. The fraction of sp³-hybridized carbons (Fsp3) is 0.211. The Morgan fingerprint density at radius 1 is 1.24 bits per heavy atom. The van der Waals surface area contributed by atoms with Crippen LogP contribution in [0.2, 0.25) is 0 Å². The first-order chi connectivity index (χ1) is 13.9. The molecule has 0 bridgehead atoms. The molecule has 0 fully saturated rings. The Hall–Kier alpha value is -3.56. The molecular formula is C19H18F3N5O2. The largest absolute Gasteiger partial charge is 0.435 e. The first-order valence-electron chi connectivity index (χ1n) is 8.66. The Morgan fingerprint density at radius 3 is 2.62 bits per heavy atom. The number of anilines is 3. The van der Waals surface area contributed by atoms with E-state index in [0.29, 0.717) is 23.6 Å². The summed E-state index contributed by atoms with van der Waals surface area (Å²) in [6.45, 7) is -0.401. The summed E-state index contributed by atoms with van der Waals surface area (Å²) in [7, 11) is 1.76. The lowest BCUT2D eigenvalue weighted by Gasteiger charge is -2.15. The molecule has 0 aliphatic heterocycles. The van der Waals surface area contributed by atoms with Gasteiger partial charge in [0.25, 0.3) is 5.56 Å². The van der Waals surface area contributed by atoms with Crippen molar-refractivity contribution >= 4 is 17.5 Å². The van der Waals surface area contributed by atoms with Crippen molar-refractivity contribution in [3.63, 3.8) is 0 Å². The van der Waals surface area contributed by atoms with E-state index >= 15 is 0 Å². The minimum absolute atomic E-state index is 0.0159. The number of nitrogens with zero attached hydrogens (tertiary/aromatic N) is 3. The molecule has 0 amide bonds. The van der Waals surface area contributed by atoms with E-state index in [1.807, 2.05) is 6.92 Å². The van der Waals surface area contributed by atoms with E-state index in [-0.39, 0.29) is 17.3 Å². The Labute approximate surface area is 164 Å². The number of nitrogens with one attached hydrogen (secondary N) is 2. The molecule has 0 saturated heterocycles. The number of alkyl halides is 2. The second-order valence-electron chi connectivity index (χ2n) is 6.04. The Bertz CT molecular complexity index is 1040. The van der Waals surface area contributed by atoms with Gasteiger partial charge in [-0.15, -0.1) is 0 Å². The monoisotopic (exact) mass is 405 g/mol. The van der Waals surface area contributed by atoms with Crippen LogP contribution in [-0.2, 0) is 0 Å². The van der Waals surface area contributed by atoms with Crippen LogP contribution in [0.5, 0.6) is 5.75 Å². The summed E-state index contributed by atoms with van der Waals surface area (Å²) in [5.74, 6) is -0.532. The number of rotatable bonds is 7. The number of hydrogen-bond donors (Lipinski definition) is 2. The second-order valence-corrected chi connectivity index (χ2v) is 6.04. The van der Waals surface area contributed by atoms with E-state index in [1.54, 1.807) is 24.1 Å². The van der Waals surface area contributed by atoms with Gasteiger partial charge < -0.3 is 19.9 Å². The Balaban J connectivity index is 1.89. The van der Waals surface area contributed by atoms with Gasteiger partial charge in [0.2, 0.25) is 5.95 Å². The fourth-order valence-corrected chi connectivity index (χ4v) is 2.47. The van der Waals surface area contributed by atoms with Crippen molar-refractivity contribution in [1.82, 2.24) is 15.0 Å². The molecule has 1 aromatic carbocycles. The maximum atomic E-state index is 14.1. The predicted molar refractivity (Wildman–Crippen MR) is 103 cm³/mol. The molecule has 2 heterocycles. The molecule has 29 heavy (non-hydrogen) atoms. The van der Waals surface area contributed by atoms with Crippen LogP contribution in [-0.4, -0.2) is 35.2 Å². The number of H-pyrrole nitrogens is 1. The zero-order chi connectivity index (χ0) is 21.0. The number of ether oxygens (including phenoxy) is 1. The summed E-state index contributed by atoms with van der Waals surface area (Å²) >= 11 is 0. The third-order valence-corrected chi connectivity index (χ3v) is 4.12. The predicted octanol–water partition coefficient (Wildman–Crippen LogP) is 3.77. The molecule has 0 unspecified atom stereocenters. The molecule has 2 aromatic heterocycles. The quantitative estimate of drug-likeness (QED) is 0.623. The van der Waals surface area contributed by atoms with Crippen LogP contribution in [0.3, 0.4) is 0 Å². The summed E-state index contributed by atoms with van der Waals surface area (Å²) < 4.78 is 43.0. The first-order valence-corrected chi connectivity index (χ1v) is 8.66. The van der Waals surface area contributed by atoms with Crippen molar-refractivity contribution in [3.05, 3.63) is 58.9 Å². The van der Waals surface area contributed by atoms with Gasteiger partial charge in [0.05, 0.1) is 6.20 Å². The van der Waals surface area contributed by atoms with Gasteiger partial charge in [-0.1, -0.05) is 12.1 Å². The van der Waals surface area contributed by atoms with Crippen LogP contribution in [0, 0.1) is 5.82 Å². The molecule has 7 nitrogen and oxygen atoms in total. The van der Waals surface area contributed by atoms with Gasteiger partial charge in [-0.2, -0.15) is 13.8 Å². The zero-order valence-corrected chi connectivity index (χ0v) is 15.6. The van der Waals surface area contributed by atoms with Crippen molar-refractivity contribution in [2.24, 2.45) is 0 Å². The average molecular weight is 405 g/mol. The topological polar surface area (TPSA) is 83.1 Å². The molecule has 3 rings (SSSR count). The molecule has 10 heteroatoms. The van der Waals surface area contributed by atoms with Crippen molar-refractivity contribution < 1.29 is 17.9 Å². The van der Waals surface area contributed by atoms with Crippen molar-refractivity contribution in [1.29, 1.82) is 0 Å². The van der Waals surface area contributed by atoms with E-state index < -0.39 is 18.0 Å². The molecule has 0 aliphatic carbocycles. The van der Waals surface area contributed by atoms with E-state index in [2.05, 4.69) is 25.0 Å². The number of benzene rings is 1. The highest BCUT2D eigenvalue weighted by Crippen LogP contribution is 2.25. The van der Waals surface area contributed by atoms with Crippen molar-refractivity contribution in [2.45, 2.75) is 13.5 Å². The number of pyridine rings is 1. The summed E-state index contributed by atoms with van der Waals surface area (Å²) in [6, 6.07) is 7.41. The van der Waals surface area contributed by atoms with Crippen LogP contribution < -0.4 is 20.5 Å². The first kappa shape index (κ1) is 20.2. The van der Waals surface area contributed by atoms with Gasteiger partial charge in [-0.05, 0) is 30.7 Å². The minimum Gasteiger partial charge on any atom is -0.435 e. The lowest BCUT2D eigenvalue weighted by molar-refractivity contribution is -0.0498. The normalized spacial score (nSPS) is 10.8. The SMILES string of the molecule is CCN(C)c1ncc(F)c(Nc2cc(-c3ccc(OC(F)F)cc3)c[nH]c2=O)n1. The Morgan fingerprint density at radius 2 is 1.97 bits per heavy atom. The average Bonchev–Trinajstić information content (AvgIpc) is 2.70. The molecule has 3 aromatic rings. The number of aromatic nitrogens is 3. The molecular weight excluding hydrogens is 387 g/mol. The number of halogens is 3. The third kappa shape index (κ3) is 4.84. The molecule has 0 radical (unpaired) electrons.